The van der Waals surface area contributed by atoms with Gasteiger partial charge in [0.15, 0.2) is 0 Å². The Bertz CT molecular complexity index is 479. The quantitative estimate of drug-likeness (QED) is 0.820. The van der Waals surface area contributed by atoms with E-state index >= 15 is 0 Å². The summed E-state index contributed by atoms with van der Waals surface area (Å²) in [5.74, 6) is 0.365. The number of rotatable bonds is 2. The highest BCUT2D eigenvalue weighted by Crippen LogP contribution is 2.17. The van der Waals surface area contributed by atoms with Crippen LogP contribution in [-0.2, 0) is 6.42 Å². The predicted octanol–water partition coefficient (Wildman–Crippen LogP) is 2.30. The summed E-state index contributed by atoms with van der Waals surface area (Å²) in [6.07, 6.45) is 0.378. The molecule has 4 heteroatoms. The summed E-state index contributed by atoms with van der Waals surface area (Å²) in [5.41, 5.74) is 6.68. The maximum atomic E-state index is 13.3. The van der Waals surface area contributed by atoms with Crippen LogP contribution < -0.4 is 5.73 Å². The van der Waals surface area contributed by atoms with Crippen molar-refractivity contribution in [2.75, 3.05) is 5.73 Å². The number of benzene rings is 1. The number of oxazole rings is 1. The van der Waals surface area contributed by atoms with E-state index in [0.29, 0.717) is 23.4 Å². The minimum absolute atomic E-state index is 0.124. The molecule has 0 saturated carbocycles. The Hall–Kier alpha value is -1.84. The van der Waals surface area contributed by atoms with Crippen LogP contribution >= 0.6 is 0 Å². The van der Waals surface area contributed by atoms with E-state index in [1.807, 2.05) is 0 Å². The summed E-state index contributed by atoms with van der Waals surface area (Å²) in [6, 6.07) is 6.70. The van der Waals surface area contributed by atoms with Gasteiger partial charge in [0, 0.05) is 6.42 Å². The Morgan fingerprint density at radius 1 is 1.40 bits per heavy atom. The molecule has 0 spiro atoms. The average Bonchev–Trinajstić information content (AvgIpc) is 2.49. The molecule has 0 fully saturated rings. The van der Waals surface area contributed by atoms with E-state index in [4.69, 9.17) is 10.2 Å². The molecular formula is C11H11FN2O. The van der Waals surface area contributed by atoms with Gasteiger partial charge in [-0.2, -0.15) is 4.98 Å². The summed E-state index contributed by atoms with van der Waals surface area (Å²) in [6.45, 7) is 1.79. The molecule has 1 heterocycles. The van der Waals surface area contributed by atoms with Crippen molar-refractivity contribution in [1.29, 1.82) is 0 Å². The van der Waals surface area contributed by atoms with Crippen LogP contribution in [0.4, 0.5) is 10.4 Å². The van der Waals surface area contributed by atoms with Gasteiger partial charge in [0.25, 0.3) is 6.01 Å². The van der Waals surface area contributed by atoms with Crippen LogP contribution in [0, 0.1) is 12.7 Å². The van der Waals surface area contributed by atoms with E-state index in [2.05, 4.69) is 4.98 Å². The molecule has 0 atom stereocenters. The largest absolute Gasteiger partial charge is 0.428 e. The van der Waals surface area contributed by atoms with Gasteiger partial charge in [-0.15, -0.1) is 0 Å². The highest BCUT2D eigenvalue weighted by Gasteiger charge is 2.10. The van der Waals surface area contributed by atoms with Crippen molar-refractivity contribution in [2.45, 2.75) is 13.3 Å². The van der Waals surface area contributed by atoms with Gasteiger partial charge in [-0.1, -0.05) is 18.2 Å². The molecule has 1 aromatic heterocycles. The maximum Gasteiger partial charge on any atom is 0.292 e. The summed E-state index contributed by atoms with van der Waals surface area (Å²) >= 11 is 0. The molecule has 3 nitrogen and oxygen atoms in total. The second-order valence-corrected chi connectivity index (χ2v) is 3.33. The Kier molecular flexibility index (Phi) is 2.41. The van der Waals surface area contributed by atoms with Crippen LogP contribution in [0.3, 0.4) is 0 Å². The fourth-order valence-electron chi connectivity index (χ4n) is 1.43. The molecule has 0 aliphatic rings. The van der Waals surface area contributed by atoms with Gasteiger partial charge in [0.2, 0.25) is 0 Å². The first-order valence-corrected chi connectivity index (χ1v) is 4.62. The third kappa shape index (κ3) is 1.98. The fourth-order valence-corrected chi connectivity index (χ4v) is 1.43. The van der Waals surface area contributed by atoms with E-state index in [9.17, 15) is 4.39 Å². The number of nitrogens with two attached hydrogens (primary N) is 1. The van der Waals surface area contributed by atoms with Crippen LogP contribution in [0.1, 0.15) is 17.0 Å². The second kappa shape index (κ2) is 3.73. The van der Waals surface area contributed by atoms with Crippen LogP contribution in [-0.4, -0.2) is 4.98 Å². The predicted molar refractivity (Wildman–Crippen MR) is 54.9 cm³/mol. The van der Waals surface area contributed by atoms with Gasteiger partial charge in [0.1, 0.15) is 11.6 Å². The first kappa shape index (κ1) is 9.71. The molecule has 15 heavy (non-hydrogen) atoms. The topological polar surface area (TPSA) is 52.0 Å². The number of aryl methyl sites for hydroxylation is 1. The van der Waals surface area contributed by atoms with Crippen molar-refractivity contribution < 1.29 is 8.81 Å². The molecule has 2 N–H and O–H groups in total. The van der Waals surface area contributed by atoms with Crippen LogP contribution in [0.2, 0.25) is 0 Å². The van der Waals surface area contributed by atoms with Crippen LogP contribution in [0.5, 0.6) is 0 Å². The van der Waals surface area contributed by atoms with E-state index in [-0.39, 0.29) is 11.8 Å². The minimum atomic E-state index is -0.244. The van der Waals surface area contributed by atoms with Gasteiger partial charge in [-0.05, 0) is 18.6 Å². The monoisotopic (exact) mass is 206 g/mol. The average molecular weight is 206 g/mol. The van der Waals surface area contributed by atoms with Crippen molar-refractivity contribution >= 4 is 6.01 Å². The van der Waals surface area contributed by atoms with Crippen molar-refractivity contribution in [3.05, 3.63) is 47.1 Å². The summed E-state index contributed by atoms with van der Waals surface area (Å²) < 4.78 is 18.5. The lowest BCUT2D eigenvalue weighted by atomic mass is 10.1. The normalized spacial score (nSPS) is 10.5. The molecule has 0 unspecified atom stereocenters. The number of hydrogen-bond acceptors (Lipinski definition) is 3. The number of nitrogens with zero attached hydrogens (tertiary/aromatic N) is 1. The third-order valence-corrected chi connectivity index (χ3v) is 2.22. The molecular weight excluding hydrogens is 195 g/mol. The molecule has 78 valence electrons. The number of nitrogen functional groups attached to an aromatic ring is 1. The lowest BCUT2D eigenvalue weighted by Gasteiger charge is -2.00. The highest BCUT2D eigenvalue weighted by molar-refractivity contribution is 5.27. The molecule has 0 bridgehead atoms. The first-order valence-electron chi connectivity index (χ1n) is 4.62. The fraction of sp³-hybridized carbons (Fsp3) is 0.182. The molecule has 1 aromatic carbocycles. The van der Waals surface area contributed by atoms with E-state index in [0.717, 1.165) is 0 Å². The minimum Gasteiger partial charge on any atom is -0.428 e. The van der Waals surface area contributed by atoms with Crippen molar-refractivity contribution in [3.8, 4) is 0 Å². The Morgan fingerprint density at radius 2 is 2.13 bits per heavy atom. The highest BCUT2D eigenvalue weighted by atomic mass is 19.1. The zero-order valence-electron chi connectivity index (χ0n) is 8.33. The Balaban J connectivity index is 2.29. The summed E-state index contributed by atoms with van der Waals surface area (Å²) in [5, 5.41) is 0. The smallest absolute Gasteiger partial charge is 0.292 e. The summed E-state index contributed by atoms with van der Waals surface area (Å²) in [7, 11) is 0. The zero-order valence-corrected chi connectivity index (χ0v) is 8.33. The number of halogens is 1. The molecule has 0 saturated heterocycles. The molecule has 2 aromatic rings. The molecule has 0 aliphatic carbocycles. The molecule has 0 radical (unpaired) electrons. The Labute approximate surface area is 86.7 Å². The molecule has 0 amide bonds. The third-order valence-electron chi connectivity index (χ3n) is 2.22. The van der Waals surface area contributed by atoms with E-state index in [1.54, 1.807) is 25.1 Å². The van der Waals surface area contributed by atoms with Gasteiger partial charge in [-0.3, -0.25) is 0 Å². The first-order chi connectivity index (χ1) is 7.16. The Morgan fingerprint density at radius 3 is 2.73 bits per heavy atom. The molecule has 0 aliphatic heterocycles. The lowest BCUT2D eigenvalue weighted by molar-refractivity contribution is 0.525. The lowest BCUT2D eigenvalue weighted by Crippen LogP contribution is -1.92. The number of anilines is 1. The van der Waals surface area contributed by atoms with E-state index < -0.39 is 0 Å². The van der Waals surface area contributed by atoms with Gasteiger partial charge in [0.05, 0.1) is 5.69 Å². The SMILES string of the molecule is Cc1nc(N)oc1Cc1ccccc1F. The van der Waals surface area contributed by atoms with Gasteiger partial charge in [-0.25, -0.2) is 4.39 Å². The van der Waals surface area contributed by atoms with Crippen LogP contribution in [0.25, 0.3) is 0 Å². The second-order valence-electron chi connectivity index (χ2n) is 3.33. The molecule has 2 rings (SSSR count). The van der Waals surface area contributed by atoms with E-state index in [1.165, 1.54) is 6.07 Å². The zero-order chi connectivity index (χ0) is 10.8. The standard InChI is InChI=1S/C11H11FN2O/c1-7-10(15-11(13)14-7)6-8-4-2-3-5-9(8)12/h2-5H,6H2,1H3,(H2,13,14). The number of aromatic nitrogens is 1. The van der Waals surface area contributed by atoms with Crippen molar-refractivity contribution in [3.63, 3.8) is 0 Å². The summed E-state index contributed by atoms with van der Waals surface area (Å²) in [4.78, 5) is 3.93. The number of hydrogen-bond donors (Lipinski definition) is 1. The van der Waals surface area contributed by atoms with Crippen molar-refractivity contribution in [1.82, 2.24) is 4.98 Å². The maximum absolute atomic E-state index is 13.3. The van der Waals surface area contributed by atoms with Crippen LogP contribution in [0.15, 0.2) is 28.7 Å². The van der Waals surface area contributed by atoms with Gasteiger partial charge >= 0.3 is 0 Å². The van der Waals surface area contributed by atoms with Gasteiger partial charge < -0.3 is 10.2 Å². The van der Waals surface area contributed by atoms with Crippen molar-refractivity contribution in [2.24, 2.45) is 0 Å².